The molecule has 0 aromatic rings. The molecular weight excluding hydrogens is 212 g/mol. The molecule has 1 aliphatic heterocycles. The minimum atomic E-state index is 0.183. The molecule has 17 heavy (non-hydrogen) atoms. The standard InChI is InChI=1S/C14H26N2O/c1-11-8-15-9-12(11)13(17)16-10-14(2)6-4-3-5-7-14/h11-12,15H,3-10H2,1-2H3,(H,16,17). The smallest absolute Gasteiger partial charge is 0.224 e. The van der Waals surface area contributed by atoms with E-state index < -0.39 is 0 Å². The Morgan fingerprint density at radius 3 is 2.59 bits per heavy atom. The molecule has 0 bridgehead atoms. The van der Waals surface area contributed by atoms with Crippen LogP contribution in [0.4, 0.5) is 0 Å². The van der Waals surface area contributed by atoms with Crippen molar-refractivity contribution in [2.24, 2.45) is 17.3 Å². The van der Waals surface area contributed by atoms with Crippen LogP contribution in [0.25, 0.3) is 0 Å². The monoisotopic (exact) mass is 238 g/mol. The van der Waals surface area contributed by atoms with E-state index in [4.69, 9.17) is 0 Å². The Kier molecular flexibility index (Phi) is 4.08. The van der Waals surface area contributed by atoms with E-state index in [0.29, 0.717) is 11.3 Å². The van der Waals surface area contributed by atoms with Crippen molar-refractivity contribution in [3.05, 3.63) is 0 Å². The van der Waals surface area contributed by atoms with Crippen molar-refractivity contribution in [2.45, 2.75) is 46.0 Å². The van der Waals surface area contributed by atoms with E-state index in [2.05, 4.69) is 24.5 Å². The van der Waals surface area contributed by atoms with Gasteiger partial charge in [0.05, 0.1) is 5.92 Å². The molecule has 1 heterocycles. The summed E-state index contributed by atoms with van der Waals surface area (Å²) in [7, 11) is 0. The van der Waals surface area contributed by atoms with Gasteiger partial charge in [0.25, 0.3) is 0 Å². The Morgan fingerprint density at radius 2 is 2.00 bits per heavy atom. The van der Waals surface area contributed by atoms with Gasteiger partial charge in [0.15, 0.2) is 0 Å². The summed E-state index contributed by atoms with van der Waals surface area (Å²) in [5.74, 6) is 0.922. The van der Waals surface area contributed by atoms with Crippen LogP contribution in [0, 0.1) is 17.3 Å². The third kappa shape index (κ3) is 3.21. The fourth-order valence-corrected chi connectivity index (χ4v) is 3.17. The highest BCUT2D eigenvalue weighted by atomic mass is 16.1. The van der Waals surface area contributed by atoms with Gasteiger partial charge in [-0.25, -0.2) is 0 Å². The number of hydrogen-bond donors (Lipinski definition) is 2. The maximum atomic E-state index is 12.1. The Morgan fingerprint density at radius 1 is 1.29 bits per heavy atom. The number of hydrogen-bond acceptors (Lipinski definition) is 2. The van der Waals surface area contributed by atoms with Gasteiger partial charge in [0, 0.05) is 13.1 Å². The van der Waals surface area contributed by atoms with Gasteiger partial charge in [-0.2, -0.15) is 0 Å². The molecule has 3 nitrogen and oxygen atoms in total. The normalized spacial score (nSPS) is 32.4. The second-order valence-corrected chi connectivity index (χ2v) is 6.33. The Bertz CT molecular complexity index is 271. The van der Waals surface area contributed by atoms with Gasteiger partial charge in [-0.05, 0) is 30.7 Å². The minimum absolute atomic E-state index is 0.183. The van der Waals surface area contributed by atoms with Gasteiger partial charge in [-0.1, -0.05) is 33.1 Å². The van der Waals surface area contributed by atoms with Crippen molar-refractivity contribution in [1.29, 1.82) is 0 Å². The molecule has 1 saturated heterocycles. The van der Waals surface area contributed by atoms with Crippen molar-refractivity contribution in [1.82, 2.24) is 10.6 Å². The van der Waals surface area contributed by atoms with Crippen molar-refractivity contribution >= 4 is 5.91 Å². The number of rotatable bonds is 3. The molecule has 2 N–H and O–H groups in total. The maximum Gasteiger partial charge on any atom is 0.224 e. The molecule has 98 valence electrons. The molecule has 0 spiro atoms. The summed E-state index contributed by atoms with van der Waals surface area (Å²) < 4.78 is 0. The van der Waals surface area contributed by atoms with Crippen LogP contribution in [-0.4, -0.2) is 25.5 Å². The molecule has 2 unspecified atom stereocenters. The van der Waals surface area contributed by atoms with Crippen molar-refractivity contribution < 1.29 is 4.79 Å². The van der Waals surface area contributed by atoms with Crippen molar-refractivity contribution in [3.8, 4) is 0 Å². The fraction of sp³-hybridized carbons (Fsp3) is 0.929. The third-order valence-electron chi connectivity index (χ3n) is 4.60. The summed E-state index contributed by atoms with van der Waals surface area (Å²) in [5, 5.41) is 6.48. The summed E-state index contributed by atoms with van der Waals surface area (Å²) in [6.07, 6.45) is 6.56. The zero-order valence-corrected chi connectivity index (χ0v) is 11.2. The topological polar surface area (TPSA) is 41.1 Å². The molecule has 1 aliphatic carbocycles. The number of carbonyl (C=O) groups is 1. The second-order valence-electron chi connectivity index (χ2n) is 6.33. The van der Waals surface area contributed by atoms with E-state index >= 15 is 0 Å². The first-order valence-corrected chi connectivity index (χ1v) is 7.09. The van der Waals surface area contributed by atoms with Crippen LogP contribution in [0.15, 0.2) is 0 Å². The van der Waals surface area contributed by atoms with Crippen LogP contribution >= 0.6 is 0 Å². The Hall–Kier alpha value is -0.570. The minimum Gasteiger partial charge on any atom is -0.355 e. The summed E-state index contributed by atoms with van der Waals surface area (Å²) >= 11 is 0. The third-order valence-corrected chi connectivity index (χ3v) is 4.60. The zero-order valence-electron chi connectivity index (χ0n) is 11.2. The zero-order chi connectivity index (χ0) is 12.3. The largest absolute Gasteiger partial charge is 0.355 e. The van der Waals surface area contributed by atoms with E-state index in [1.165, 1.54) is 32.1 Å². The van der Waals surface area contributed by atoms with E-state index in [-0.39, 0.29) is 11.8 Å². The molecular formula is C14H26N2O. The van der Waals surface area contributed by atoms with Crippen LogP contribution in [0.2, 0.25) is 0 Å². The first-order chi connectivity index (χ1) is 8.11. The lowest BCUT2D eigenvalue weighted by atomic mass is 9.75. The summed E-state index contributed by atoms with van der Waals surface area (Å²) in [4.78, 5) is 12.1. The molecule has 3 heteroatoms. The second kappa shape index (κ2) is 5.38. The predicted octanol–water partition coefficient (Wildman–Crippen LogP) is 1.93. The van der Waals surface area contributed by atoms with E-state index in [1.54, 1.807) is 0 Å². The highest BCUT2D eigenvalue weighted by Gasteiger charge is 2.32. The maximum absolute atomic E-state index is 12.1. The average molecular weight is 238 g/mol. The predicted molar refractivity (Wildman–Crippen MR) is 69.7 cm³/mol. The van der Waals surface area contributed by atoms with Gasteiger partial charge >= 0.3 is 0 Å². The lowest BCUT2D eigenvalue weighted by molar-refractivity contribution is -0.126. The molecule has 2 atom stereocenters. The molecule has 1 amide bonds. The highest BCUT2D eigenvalue weighted by molar-refractivity contribution is 5.79. The van der Waals surface area contributed by atoms with Crippen molar-refractivity contribution in [2.75, 3.05) is 19.6 Å². The van der Waals surface area contributed by atoms with Gasteiger partial charge in [-0.15, -0.1) is 0 Å². The van der Waals surface area contributed by atoms with Crippen LogP contribution < -0.4 is 10.6 Å². The molecule has 0 aromatic carbocycles. The molecule has 0 aromatic heterocycles. The lowest BCUT2D eigenvalue weighted by Gasteiger charge is -2.34. The van der Waals surface area contributed by atoms with Gasteiger partial charge < -0.3 is 10.6 Å². The Balaban J connectivity index is 1.79. The van der Waals surface area contributed by atoms with Crippen LogP contribution in [0.1, 0.15) is 46.0 Å². The van der Waals surface area contributed by atoms with Gasteiger partial charge in [-0.3, -0.25) is 4.79 Å². The number of amides is 1. The van der Waals surface area contributed by atoms with Crippen LogP contribution in [0.3, 0.4) is 0 Å². The SMILES string of the molecule is CC1CNCC1C(=O)NCC1(C)CCCCC1. The molecule has 1 saturated carbocycles. The molecule has 0 radical (unpaired) electrons. The lowest BCUT2D eigenvalue weighted by Crippen LogP contribution is -2.41. The van der Waals surface area contributed by atoms with E-state index in [9.17, 15) is 4.79 Å². The quantitative estimate of drug-likeness (QED) is 0.789. The summed E-state index contributed by atoms with van der Waals surface area (Å²) in [6, 6.07) is 0. The number of nitrogens with one attached hydrogen (secondary N) is 2. The number of carbonyl (C=O) groups excluding carboxylic acids is 1. The van der Waals surface area contributed by atoms with E-state index in [0.717, 1.165) is 19.6 Å². The Labute approximate surface area is 105 Å². The summed E-state index contributed by atoms with van der Waals surface area (Å²) in [6.45, 7) is 7.18. The van der Waals surface area contributed by atoms with E-state index in [1.807, 2.05) is 0 Å². The van der Waals surface area contributed by atoms with Crippen molar-refractivity contribution in [3.63, 3.8) is 0 Å². The first-order valence-electron chi connectivity index (χ1n) is 7.09. The average Bonchev–Trinajstić information content (AvgIpc) is 2.74. The molecule has 2 fully saturated rings. The first kappa shape index (κ1) is 12.9. The van der Waals surface area contributed by atoms with Crippen LogP contribution in [0.5, 0.6) is 0 Å². The highest BCUT2D eigenvalue weighted by Crippen LogP contribution is 2.35. The van der Waals surface area contributed by atoms with Gasteiger partial charge in [0.2, 0.25) is 5.91 Å². The van der Waals surface area contributed by atoms with Gasteiger partial charge in [0.1, 0.15) is 0 Å². The molecule has 2 rings (SSSR count). The molecule has 2 aliphatic rings. The van der Waals surface area contributed by atoms with Crippen LogP contribution in [-0.2, 0) is 4.79 Å². The fourth-order valence-electron chi connectivity index (χ4n) is 3.17. The summed E-state index contributed by atoms with van der Waals surface area (Å²) in [5.41, 5.74) is 0.350.